The maximum Gasteiger partial charge on any atom is 0.364 e. The highest BCUT2D eigenvalue weighted by molar-refractivity contribution is 5.89. The summed E-state index contributed by atoms with van der Waals surface area (Å²) in [5, 5.41) is 9.51. The van der Waals surface area contributed by atoms with Gasteiger partial charge >= 0.3 is 12.0 Å². The number of anilines is 1. The Morgan fingerprint density at radius 2 is 1.89 bits per heavy atom. The lowest BCUT2D eigenvalue weighted by molar-refractivity contribution is -0.134. The van der Waals surface area contributed by atoms with Crippen molar-refractivity contribution in [2.75, 3.05) is 12.4 Å². The number of carbonyl (C=O) groups is 2. The van der Waals surface area contributed by atoms with Gasteiger partial charge in [-0.05, 0) is 19.1 Å². The number of carbonyl (C=O) groups excluding carboxylic acids is 2. The zero-order valence-electron chi connectivity index (χ0n) is 10.1. The SMILES string of the molecule is COC(=O)/C=C(/C)N=NC(=O)Nc1ccccc1. The molecule has 0 fully saturated rings. The van der Waals surface area contributed by atoms with Gasteiger partial charge in [-0.3, -0.25) is 0 Å². The molecule has 1 aromatic carbocycles. The number of amides is 2. The molecule has 1 N–H and O–H groups in total. The van der Waals surface area contributed by atoms with Crippen LogP contribution in [0.4, 0.5) is 10.5 Å². The number of methoxy groups -OCH3 is 1. The van der Waals surface area contributed by atoms with Crippen LogP contribution >= 0.6 is 0 Å². The molecule has 0 saturated heterocycles. The molecule has 0 aliphatic rings. The monoisotopic (exact) mass is 247 g/mol. The van der Waals surface area contributed by atoms with Gasteiger partial charge in [0.1, 0.15) is 0 Å². The number of rotatable bonds is 3. The summed E-state index contributed by atoms with van der Waals surface area (Å²) in [4.78, 5) is 22.2. The van der Waals surface area contributed by atoms with E-state index in [2.05, 4.69) is 20.3 Å². The van der Waals surface area contributed by atoms with Gasteiger partial charge in [0.05, 0.1) is 12.8 Å². The van der Waals surface area contributed by atoms with E-state index in [0.29, 0.717) is 5.69 Å². The van der Waals surface area contributed by atoms with Crippen molar-refractivity contribution < 1.29 is 14.3 Å². The molecule has 0 aliphatic carbocycles. The van der Waals surface area contributed by atoms with E-state index in [1.807, 2.05) is 6.07 Å². The van der Waals surface area contributed by atoms with Crippen molar-refractivity contribution >= 4 is 17.7 Å². The van der Waals surface area contributed by atoms with E-state index in [0.717, 1.165) is 6.08 Å². The standard InChI is InChI=1S/C12H13N3O3/c1-9(8-11(16)18-2)14-15-12(17)13-10-6-4-3-5-7-10/h3-8H,1-2H3,(H,13,17)/b9-8-,15-14?. The second-order valence-corrected chi connectivity index (χ2v) is 3.31. The van der Waals surface area contributed by atoms with Gasteiger partial charge in [-0.25, -0.2) is 9.59 Å². The third kappa shape index (κ3) is 5.02. The van der Waals surface area contributed by atoms with Gasteiger partial charge in [-0.1, -0.05) is 23.3 Å². The highest BCUT2D eigenvalue weighted by atomic mass is 16.5. The number of nitrogens with zero attached hydrogens (tertiary/aromatic N) is 2. The Kier molecular flexibility index (Phi) is 5.24. The van der Waals surface area contributed by atoms with E-state index >= 15 is 0 Å². The average Bonchev–Trinajstić information content (AvgIpc) is 2.37. The Bertz CT molecular complexity index is 481. The van der Waals surface area contributed by atoms with Crippen LogP contribution in [-0.2, 0) is 9.53 Å². The Hall–Kier alpha value is -2.50. The van der Waals surface area contributed by atoms with Crippen molar-refractivity contribution in [2.24, 2.45) is 10.2 Å². The number of hydrogen-bond acceptors (Lipinski definition) is 4. The normalized spacial score (nSPS) is 11.3. The Labute approximate surface area is 104 Å². The van der Waals surface area contributed by atoms with E-state index < -0.39 is 12.0 Å². The van der Waals surface area contributed by atoms with Gasteiger partial charge < -0.3 is 10.1 Å². The van der Waals surface area contributed by atoms with Crippen LogP contribution in [0.1, 0.15) is 6.92 Å². The van der Waals surface area contributed by atoms with Crippen LogP contribution in [0.2, 0.25) is 0 Å². The van der Waals surface area contributed by atoms with Crippen LogP contribution in [0.3, 0.4) is 0 Å². The second kappa shape index (κ2) is 6.95. The van der Waals surface area contributed by atoms with Crippen molar-refractivity contribution in [3.05, 3.63) is 42.1 Å². The summed E-state index contributed by atoms with van der Waals surface area (Å²) in [6, 6.07) is 8.25. The molecular weight excluding hydrogens is 234 g/mol. The fourth-order valence-corrected chi connectivity index (χ4v) is 1.05. The summed E-state index contributed by atoms with van der Waals surface area (Å²) in [6.07, 6.45) is 1.14. The topological polar surface area (TPSA) is 80.1 Å². The van der Waals surface area contributed by atoms with Crippen LogP contribution in [0.15, 0.2) is 52.3 Å². The minimum atomic E-state index is -0.612. The fraction of sp³-hybridized carbons (Fsp3) is 0.167. The molecule has 0 radical (unpaired) electrons. The summed E-state index contributed by atoms with van der Waals surface area (Å²) >= 11 is 0. The predicted octanol–water partition coefficient (Wildman–Crippen LogP) is 2.75. The van der Waals surface area contributed by atoms with Gasteiger partial charge in [0, 0.05) is 11.8 Å². The molecule has 18 heavy (non-hydrogen) atoms. The van der Waals surface area contributed by atoms with Gasteiger partial charge in [-0.2, -0.15) is 5.11 Å². The van der Waals surface area contributed by atoms with E-state index in [4.69, 9.17) is 0 Å². The van der Waals surface area contributed by atoms with E-state index in [9.17, 15) is 9.59 Å². The van der Waals surface area contributed by atoms with E-state index in [-0.39, 0.29) is 5.70 Å². The zero-order valence-corrected chi connectivity index (χ0v) is 10.1. The van der Waals surface area contributed by atoms with Crippen molar-refractivity contribution in [3.8, 4) is 0 Å². The minimum Gasteiger partial charge on any atom is -0.466 e. The second-order valence-electron chi connectivity index (χ2n) is 3.31. The highest BCUT2D eigenvalue weighted by Gasteiger charge is 1.99. The summed E-state index contributed by atoms with van der Waals surface area (Å²) in [5.74, 6) is -0.546. The number of nitrogens with one attached hydrogen (secondary N) is 1. The zero-order chi connectivity index (χ0) is 13.4. The summed E-state index contributed by atoms with van der Waals surface area (Å²) < 4.78 is 4.41. The van der Waals surface area contributed by atoms with Crippen LogP contribution in [0, 0.1) is 0 Å². The van der Waals surface area contributed by atoms with Crippen molar-refractivity contribution in [3.63, 3.8) is 0 Å². The highest BCUT2D eigenvalue weighted by Crippen LogP contribution is 2.06. The summed E-state index contributed by atoms with van der Waals surface area (Å²) in [6.45, 7) is 1.54. The number of esters is 1. The Balaban J connectivity index is 2.55. The number of para-hydroxylation sites is 1. The molecule has 0 unspecified atom stereocenters. The first-order valence-electron chi connectivity index (χ1n) is 5.16. The van der Waals surface area contributed by atoms with Crippen LogP contribution in [0.25, 0.3) is 0 Å². The third-order valence-electron chi connectivity index (χ3n) is 1.85. The van der Waals surface area contributed by atoms with Gasteiger partial charge in [0.15, 0.2) is 0 Å². The first-order chi connectivity index (χ1) is 8.61. The molecule has 0 aliphatic heterocycles. The Morgan fingerprint density at radius 3 is 2.50 bits per heavy atom. The maximum atomic E-state index is 11.4. The molecule has 1 aromatic rings. The summed E-state index contributed by atoms with van der Waals surface area (Å²) in [7, 11) is 1.26. The smallest absolute Gasteiger partial charge is 0.364 e. The van der Waals surface area contributed by atoms with Gasteiger partial charge in [-0.15, -0.1) is 0 Å². The molecule has 2 amide bonds. The number of azo groups is 1. The largest absolute Gasteiger partial charge is 0.466 e. The third-order valence-corrected chi connectivity index (χ3v) is 1.85. The number of ether oxygens (including phenoxy) is 1. The van der Waals surface area contributed by atoms with Gasteiger partial charge in [0.25, 0.3) is 0 Å². The number of allylic oxidation sites excluding steroid dienone is 1. The van der Waals surface area contributed by atoms with E-state index in [1.165, 1.54) is 14.0 Å². The van der Waals surface area contributed by atoms with Gasteiger partial charge in [0.2, 0.25) is 0 Å². The van der Waals surface area contributed by atoms with Crippen LogP contribution in [0.5, 0.6) is 0 Å². The Morgan fingerprint density at radius 1 is 1.22 bits per heavy atom. The minimum absolute atomic E-state index is 0.282. The molecule has 6 heteroatoms. The number of hydrogen-bond donors (Lipinski definition) is 1. The van der Waals surface area contributed by atoms with Crippen molar-refractivity contribution in [2.45, 2.75) is 6.92 Å². The number of urea groups is 1. The lowest BCUT2D eigenvalue weighted by Crippen LogP contribution is -2.05. The molecule has 94 valence electrons. The average molecular weight is 247 g/mol. The molecule has 0 heterocycles. The molecular formula is C12H13N3O3. The van der Waals surface area contributed by atoms with Crippen molar-refractivity contribution in [1.29, 1.82) is 0 Å². The predicted molar refractivity (Wildman–Crippen MR) is 66.1 cm³/mol. The van der Waals surface area contributed by atoms with E-state index in [1.54, 1.807) is 24.3 Å². The first-order valence-corrected chi connectivity index (χ1v) is 5.16. The molecule has 1 rings (SSSR count). The quantitative estimate of drug-likeness (QED) is 0.506. The van der Waals surface area contributed by atoms with Crippen molar-refractivity contribution in [1.82, 2.24) is 0 Å². The number of benzene rings is 1. The van der Waals surface area contributed by atoms with Crippen LogP contribution in [-0.4, -0.2) is 19.1 Å². The first kappa shape index (κ1) is 13.6. The van der Waals surface area contributed by atoms with Crippen LogP contribution < -0.4 is 5.32 Å². The lowest BCUT2D eigenvalue weighted by Gasteiger charge is -1.98. The molecule has 0 atom stereocenters. The molecule has 6 nitrogen and oxygen atoms in total. The molecule has 0 bridgehead atoms. The molecule has 0 aromatic heterocycles. The summed E-state index contributed by atoms with van der Waals surface area (Å²) in [5.41, 5.74) is 0.904. The fourth-order valence-electron chi connectivity index (χ4n) is 1.05. The molecule has 0 saturated carbocycles. The molecule has 0 spiro atoms. The maximum absolute atomic E-state index is 11.4. The lowest BCUT2D eigenvalue weighted by atomic mass is 10.3.